The van der Waals surface area contributed by atoms with Gasteiger partial charge >= 0.3 is 6.18 Å². The van der Waals surface area contributed by atoms with Crippen molar-refractivity contribution < 1.29 is 18.0 Å². The standard InChI is InChI=1S/C19H15F3IN3O/c1-11-9-26(10-24-11)17-14(23)8-15(12(2)16(17)19(20,21)22)25-18(27)13-6-4-3-5-7-13/h3-10H,1-2H3,(H,25,27). The van der Waals surface area contributed by atoms with E-state index in [2.05, 4.69) is 10.3 Å². The number of carbonyl (C=O) groups excluding carboxylic acids is 1. The molecule has 140 valence electrons. The minimum Gasteiger partial charge on any atom is -0.322 e. The van der Waals surface area contributed by atoms with Gasteiger partial charge in [0.1, 0.15) is 0 Å². The van der Waals surface area contributed by atoms with Gasteiger partial charge in [-0.15, -0.1) is 0 Å². The van der Waals surface area contributed by atoms with Crippen LogP contribution < -0.4 is 5.32 Å². The molecule has 2 aromatic carbocycles. The van der Waals surface area contributed by atoms with Crippen molar-refractivity contribution in [2.24, 2.45) is 0 Å². The van der Waals surface area contributed by atoms with Crippen LogP contribution in [0.4, 0.5) is 18.9 Å². The Labute approximate surface area is 167 Å². The van der Waals surface area contributed by atoms with Gasteiger partial charge in [-0.05, 0) is 60.2 Å². The molecule has 8 heteroatoms. The fourth-order valence-corrected chi connectivity index (χ4v) is 3.65. The van der Waals surface area contributed by atoms with Crippen LogP contribution in [0.3, 0.4) is 0 Å². The second-order valence-electron chi connectivity index (χ2n) is 5.99. The van der Waals surface area contributed by atoms with Crippen molar-refractivity contribution in [1.29, 1.82) is 0 Å². The molecule has 27 heavy (non-hydrogen) atoms. The largest absolute Gasteiger partial charge is 0.418 e. The number of carbonyl (C=O) groups is 1. The van der Waals surface area contributed by atoms with Gasteiger partial charge in [-0.25, -0.2) is 4.98 Å². The lowest BCUT2D eigenvalue weighted by Crippen LogP contribution is -2.18. The molecular formula is C19H15F3IN3O. The number of alkyl halides is 3. The third-order valence-corrected chi connectivity index (χ3v) is 4.87. The van der Waals surface area contributed by atoms with Gasteiger partial charge in [0.15, 0.2) is 0 Å². The molecule has 4 nitrogen and oxygen atoms in total. The third-order valence-electron chi connectivity index (χ3n) is 4.05. The number of hydrogen-bond acceptors (Lipinski definition) is 2. The van der Waals surface area contributed by atoms with Crippen LogP contribution >= 0.6 is 22.6 Å². The Kier molecular flexibility index (Phi) is 5.27. The van der Waals surface area contributed by atoms with E-state index in [1.807, 2.05) is 22.6 Å². The Hall–Kier alpha value is -2.36. The predicted molar refractivity (Wildman–Crippen MR) is 105 cm³/mol. The monoisotopic (exact) mass is 485 g/mol. The Morgan fingerprint density at radius 3 is 2.41 bits per heavy atom. The first kappa shape index (κ1) is 19.4. The van der Waals surface area contributed by atoms with E-state index in [9.17, 15) is 18.0 Å². The molecule has 1 heterocycles. The number of amides is 1. The number of imidazole rings is 1. The second-order valence-corrected chi connectivity index (χ2v) is 7.16. The van der Waals surface area contributed by atoms with Crippen LogP contribution in [0, 0.1) is 17.4 Å². The van der Waals surface area contributed by atoms with Crippen molar-refractivity contribution in [2.45, 2.75) is 20.0 Å². The molecule has 0 saturated carbocycles. The van der Waals surface area contributed by atoms with Gasteiger partial charge in [0.2, 0.25) is 0 Å². The zero-order valence-corrected chi connectivity index (χ0v) is 16.6. The zero-order valence-electron chi connectivity index (χ0n) is 14.4. The van der Waals surface area contributed by atoms with E-state index in [4.69, 9.17) is 0 Å². The summed E-state index contributed by atoms with van der Waals surface area (Å²) < 4.78 is 43.3. The minimum absolute atomic E-state index is 0.00101. The molecule has 1 amide bonds. The molecule has 1 aromatic heterocycles. The third kappa shape index (κ3) is 4.00. The maximum Gasteiger partial charge on any atom is 0.418 e. The van der Waals surface area contributed by atoms with E-state index < -0.39 is 17.6 Å². The van der Waals surface area contributed by atoms with E-state index >= 15 is 0 Å². The van der Waals surface area contributed by atoms with E-state index in [1.165, 1.54) is 30.1 Å². The van der Waals surface area contributed by atoms with Crippen molar-refractivity contribution in [1.82, 2.24) is 9.55 Å². The van der Waals surface area contributed by atoms with Crippen molar-refractivity contribution in [2.75, 3.05) is 5.32 Å². The smallest absolute Gasteiger partial charge is 0.322 e. The van der Waals surface area contributed by atoms with Crippen molar-refractivity contribution >= 4 is 34.2 Å². The fourth-order valence-electron chi connectivity index (χ4n) is 2.79. The SMILES string of the molecule is Cc1cn(-c2c(I)cc(NC(=O)c3ccccc3)c(C)c2C(F)(F)F)cn1. The number of rotatable bonds is 3. The van der Waals surface area contributed by atoms with Crippen molar-refractivity contribution in [3.8, 4) is 5.69 Å². The van der Waals surface area contributed by atoms with Crippen LogP contribution in [-0.4, -0.2) is 15.5 Å². The van der Waals surface area contributed by atoms with Gasteiger partial charge in [-0.2, -0.15) is 13.2 Å². The highest BCUT2D eigenvalue weighted by Gasteiger charge is 2.38. The summed E-state index contributed by atoms with van der Waals surface area (Å²) in [6.07, 6.45) is -1.71. The molecule has 0 bridgehead atoms. The summed E-state index contributed by atoms with van der Waals surface area (Å²) in [5.74, 6) is -0.464. The van der Waals surface area contributed by atoms with Gasteiger partial charge in [-0.3, -0.25) is 4.79 Å². The Bertz CT molecular complexity index is 997. The molecule has 0 aliphatic carbocycles. The molecule has 0 spiro atoms. The molecule has 1 N–H and O–H groups in total. The first-order valence-electron chi connectivity index (χ1n) is 7.96. The maximum absolute atomic E-state index is 13.9. The molecule has 3 aromatic rings. The molecule has 0 atom stereocenters. The molecule has 0 radical (unpaired) electrons. The van der Waals surface area contributed by atoms with E-state index in [0.717, 1.165) is 0 Å². The minimum atomic E-state index is -4.59. The average molecular weight is 485 g/mol. The number of aromatic nitrogens is 2. The number of nitrogens with one attached hydrogen (secondary N) is 1. The number of hydrogen-bond donors (Lipinski definition) is 1. The average Bonchev–Trinajstić information content (AvgIpc) is 3.03. The van der Waals surface area contributed by atoms with Gasteiger partial charge in [0.25, 0.3) is 5.91 Å². The maximum atomic E-state index is 13.9. The lowest BCUT2D eigenvalue weighted by Gasteiger charge is -2.21. The summed E-state index contributed by atoms with van der Waals surface area (Å²) in [6.45, 7) is 3.06. The highest BCUT2D eigenvalue weighted by molar-refractivity contribution is 14.1. The van der Waals surface area contributed by atoms with Crippen LogP contribution in [0.1, 0.15) is 27.2 Å². The molecule has 0 aliphatic rings. The summed E-state index contributed by atoms with van der Waals surface area (Å²) in [7, 11) is 0. The predicted octanol–water partition coefficient (Wildman–Crippen LogP) is 5.36. The fraction of sp³-hybridized carbons (Fsp3) is 0.158. The van der Waals surface area contributed by atoms with Crippen LogP contribution in [0.2, 0.25) is 0 Å². The van der Waals surface area contributed by atoms with Gasteiger partial charge in [0, 0.05) is 21.0 Å². The topological polar surface area (TPSA) is 46.9 Å². The first-order chi connectivity index (χ1) is 12.7. The van der Waals surface area contributed by atoms with Crippen LogP contribution in [0.15, 0.2) is 48.9 Å². The number of aryl methyl sites for hydroxylation is 1. The molecule has 0 fully saturated rings. The molecule has 0 unspecified atom stereocenters. The van der Waals surface area contributed by atoms with Gasteiger partial charge < -0.3 is 9.88 Å². The van der Waals surface area contributed by atoms with Crippen LogP contribution in [0.25, 0.3) is 5.69 Å². The Balaban J connectivity index is 2.12. The van der Waals surface area contributed by atoms with Gasteiger partial charge in [-0.1, -0.05) is 18.2 Å². The first-order valence-corrected chi connectivity index (χ1v) is 9.04. The number of nitrogens with zero attached hydrogens (tertiary/aromatic N) is 2. The summed E-state index contributed by atoms with van der Waals surface area (Å²) in [5, 5.41) is 2.60. The lowest BCUT2D eigenvalue weighted by atomic mass is 10.0. The highest BCUT2D eigenvalue weighted by atomic mass is 127. The van der Waals surface area contributed by atoms with E-state index in [1.54, 1.807) is 37.3 Å². The highest BCUT2D eigenvalue weighted by Crippen LogP contribution is 2.41. The van der Waals surface area contributed by atoms with Gasteiger partial charge in [0.05, 0.1) is 23.3 Å². The number of anilines is 1. The molecule has 0 aliphatic heterocycles. The zero-order chi connectivity index (χ0) is 19.8. The summed E-state index contributed by atoms with van der Waals surface area (Å²) in [4.78, 5) is 16.4. The van der Waals surface area contributed by atoms with Crippen molar-refractivity contribution in [3.05, 3.63) is 74.9 Å². The summed E-state index contributed by atoms with van der Waals surface area (Å²) >= 11 is 1.84. The summed E-state index contributed by atoms with van der Waals surface area (Å²) in [6, 6.07) is 9.88. The number of halogens is 4. The molecule has 0 saturated heterocycles. The normalized spacial score (nSPS) is 11.5. The quantitative estimate of drug-likeness (QED) is 0.508. The lowest BCUT2D eigenvalue weighted by molar-refractivity contribution is -0.137. The molecule has 3 rings (SSSR count). The Morgan fingerprint density at radius 2 is 1.85 bits per heavy atom. The van der Waals surface area contributed by atoms with E-state index in [0.29, 0.717) is 14.8 Å². The molecular weight excluding hydrogens is 470 g/mol. The van der Waals surface area contributed by atoms with Crippen LogP contribution in [-0.2, 0) is 6.18 Å². The Morgan fingerprint density at radius 1 is 1.19 bits per heavy atom. The number of benzene rings is 2. The second kappa shape index (κ2) is 7.34. The van der Waals surface area contributed by atoms with Crippen molar-refractivity contribution in [3.63, 3.8) is 0 Å². The van der Waals surface area contributed by atoms with Crippen LogP contribution in [0.5, 0.6) is 0 Å². The summed E-state index contributed by atoms with van der Waals surface area (Å²) in [5.41, 5.74) is 0.261. The van der Waals surface area contributed by atoms with E-state index in [-0.39, 0.29) is 16.9 Å².